The zero-order valence-corrected chi connectivity index (χ0v) is 40.6. The lowest BCUT2D eigenvalue weighted by Gasteiger charge is -2.40. The first-order valence-electron chi connectivity index (χ1n) is 26.6. The van der Waals surface area contributed by atoms with Gasteiger partial charge in [-0.15, -0.1) is 0 Å². The number of unbranched alkanes of at least 4 members (excludes halogenated alkanes) is 31. The second-order valence-electron chi connectivity index (χ2n) is 19.0. The number of carbonyl (C=O) groups is 1. The van der Waals surface area contributed by atoms with E-state index in [9.17, 15) is 40.5 Å². The van der Waals surface area contributed by atoms with Crippen molar-refractivity contribution < 1.29 is 50.0 Å². The maximum Gasteiger partial charge on any atom is 0.249 e. The standard InChI is InChI=1S/C52H101NO10/c1-3-5-7-9-11-13-15-17-19-21-22-23-24-26-27-29-31-33-35-37-39-44(55)47(57)43(42-62-52-50(60)49(59)48(58)46(41-54)63-52)53-51(61)45(56)40-38-36-34-32-30-28-25-20-18-16-14-12-10-8-6-4-2/h31,33,43-50,52,54-60H,3-30,32,34-42H2,1-2H3,(H,53,61)/b33-31+. The first-order valence-corrected chi connectivity index (χ1v) is 26.6. The van der Waals surface area contributed by atoms with Crippen molar-refractivity contribution in [3.8, 4) is 0 Å². The second-order valence-corrected chi connectivity index (χ2v) is 19.0. The minimum atomic E-state index is -1.66. The third-order valence-corrected chi connectivity index (χ3v) is 13.1. The molecule has 1 heterocycles. The molecule has 0 aromatic carbocycles. The number of ether oxygens (including phenoxy) is 2. The molecule has 1 aliphatic heterocycles. The predicted octanol–water partition coefficient (Wildman–Crippen LogP) is 10.0. The highest BCUT2D eigenvalue weighted by Gasteiger charge is 2.44. The molecule has 1 rings (SSSR count). The Labute approximate surface area is 385 Å². The van der Waals surface area contributed by atoms with Crippen LogP contribution in [0.1, 0.15) is 245 Å². The van der Waals surface area contributed by atoms with E-state index in [4.69, 9.17) is 9.47 Å². The van der Waals surface area contributed by atoms with Crippen LogP contribution in [0.4, 0.5) is 0 Å². The van der Waals surface area contributed by atoms with E-state index in [1.54, 1.807) is 0 Å². The smallest absolute Gasteiger partial charge is 0.249 e. The van der Waals surface area contributed by atoms with E-state index >= 15 is 0 Å². The fourth-order valence-corrected chi connectivity index (χ4v) is 8.68. The topological polar surface area (TPSA) is 189 Å². The Bertz CT molecular complexity index is 1030. The van der Waals surface area contributed by atoms with Crippen LogP contribution < -0.4 is 5.32 Å². The summed E-state index contributed by atoms with van der Waals surface area (Å²) < 4.78 is 11.1. The van der Waals surface area contributed by atoms with Crippen LogP contribution in [0, 0.1) is 0 Å². The van der Waals surface area contributed by atoms with Gasteiger partial charge in [0.2, 0.25) is 5.91 Å². The molecule has 9 atom stereocenters. The Morgan fingerprint density at radius 3 is 1.37 bits per heavy atom. The van der Waals surface area contributed by atoms with Gasteiger partial charge in [-0.1, -0.05) is 219 Å². The Morgan fingerprint density at radius 1 is 0.540 bits per heavy atom. The molecule has 63 heavy (non-hydrogen) atoms. The first-order chi connectivity index (χ1) is 30.7. The molecule has 0 aromatic rings. The number of allylic oxidation sites excluding steroid dienone is 2. The van der Waals surface area contributed by atoms with E-state index < -0.39 is 74.2 Å². The van der Waals surface area contributed by atoms with Gasteiger partial charge in [-0.2, -0.15) is 0 Å². The first kappa shape index (κ1) is 59.9. The molecule has 0 radical (unpaired) electrons. The van der Waals surface area contributed by atoms with Gasteiger partial charge < -0.3 is 50.5 Å². The van der Waals surface area contributed by atoms with Crippen LogP contribution >= 0.6 is 0 Å². The van der Waals surface area contributed by atoms with Gasteiger partial charge >= 0.3 is 0 Å². The molecule has 0 saturated carbocycles. The number of aliphatic hydroxyl groups is 7. The quantitative estimate of drug-likeness (QED) is 0.0216. The van der Waals surface area contributed by atoms with Crippen molar-refractivity contribution in [1.29, 1.82) is 0 Å². The molecule has 1 fully saturated rings. The van der Waals surface area contributed by atoms with E-state index in [-0.39, 0.29) is 12.8 Å². The van der Waals surface area contributed by atoms with Gasteiger partial charge in [0.15, 0.2) is 6.29 Å². The largest absolute Gasteiger partial charge is 0.394 e. The lowest BCUT2D eigenvalue weighted by molar-refractivity contribution is -0.303. The number of hydrogen-bond acceptors (Lipinski definition) is 10. The average molecular weight is 900 g/mol. The molecule has 0 aliphatic carbocycles. The Balaban J connectivity index is 2.39. The Morgan fingerprint density at radius 2 is 0.937 bits per heavy atom. The van der Waals surface area contributed by atoms with Gasteiger partial charge in [-0.05, 0) is 38.5 Å². The molecule has 0 spiro atoms. The van der Waals surface area contributed by atoms with E-state index in [2.05, 4.69) is 31.3 Å². The average Bonchev–Trinajstić information content (AvgIpc) is 3.28. The van der Waals surface area contributed by atoms with Crippen molar-refractivity contribution >= 4 is 5.91 Å². The van der Waals surface area contributed by atoms with Crippen molar-refractivity contribution in [2.24, 2.45) is 0 Å². The molecule has 11 nitrogen and oxygen atoms in total. The highest BCUT2D eigenvalue weighted by Crippen LogP contribution is 2.23. The SMILES string of the molecule is CCCCCCCCCCCCCCCCC/C=C/CCCC(O)C(O)C(COC1OC(CO)C(O)C(O)C1O)NC(=O)C(O)CCCCCCCCCCCCCCCCCC. The number of nitrogens with one attached hydrogen (secondary N) is 1. The van der Waals surface area contributed by atoms with Crippen molar-refractivity contribution in [1.82, 2.24) is 5.32 Å². The third kappa shape index (κ3) is 31.5. The predicted molar refractivity (Wildman–Crippen MR) is 256 cm³/mol. The number of amides is 1. The fourth-order valence-electron chi connectivity index (χ4n) is 8.68. The number of carbonyl (C=O) groups excluding carboxylic acids is 1. The van der Waals surface area contributed by atoms with Crippen molar-refractivity contribution in [3.63, 3.8) is 0 Å². The summed E-state index contributed by atoms with van der Waals surface area (Å²) in [5.41, 5.74) is 0. The van der Waals surface area contributed by atoms with E-state index in [1.165, 1.54) is 167 Å². The molecule has 374 valence electrons. The summed E-state index contributed by atoms with van der Waals surface area (Å²) in [5.74, 6) is -0.702. The molecule has 1 saturated heterocycles. The molecule has 9 unspecified atom stereocenters. The van der Waals surface area contributed by atoms with Crippen LogP contribution in [-0.2, 0) is 14.3 Å². The number of hydrogen-bond donors (Lipinski definition) is 8. The Hall–Kier alpha value is -1.15. The zero-order chi connectivity index (χ0) is 46.2. The van der Waals surface area contributed by atoms with E-state index in [1.807, 2.05) is 0 Å². The van der Waals surface area contributed by atoms with Crippen LogP contribution in [0.15, 0.2) is 12.2 Å². The Kier molecular flexibility index (Phi) is 40.1. The molecule has 1 amide bonds. The monoisotopic (exact) mass is 900 g/mol. The molecule has 1 aliphatic rings. The summed E-state index contributed by atoms with van der Waals surface area (Å²) >= 11 is 0. The summed E-state index contributed by atoms with van der Waals surface area (Å²) in [6.45, 7) is 3.46. The summed E-state index contributed by atoms with van der Waals surface area (Å²) in [5, 5.41) is 75.9. The van der Waals surface area contributed by atoms with Crippen LogP contribution in [0.5, 0.6) is 0 Å². The molecule has 0 aromatic heterocycles. The highest BCUT2D eigenvalue weighted by atomic mass is 16.7. The summed E-state index contributed by atoms with van der Waals surface area (Å²) in [7, 11) is 0. The molecular weight excluding hydrogens is 799 g/mol. The lowest BCUT2D eigenvalue weighted by atomic mass is 9.98. The van der Waals surface area contributed by atoms with Gasteiger partial charge in [-0.3, -0.25) is 4.79 Å². The van der Waals surface area contributed by atoms with Crippen LogP contribution in [0.25, 0.3) is 0 Å². The van der Waals surface area contributed by atoms with Gasteiger partial charge in [0, 0.05) is 0 Å². The van der Waals surface area contributed by atoms with Crippen LogP contribution in [0.2, 0.25) is 0 Å². The van der Waals surface area contributed by atoms with Gasteiger partial charge in [-0.25, -0.2) is 0 Å². The normalized spacial score (nSPS) is 21.2. The fraction of sp³-hybridized carbons (Fsp3) is 0.942. The van der Waals surface area contributed by atoms with E-state index in [0.29, 0.717) is 12.8 Å². The van der Waals surface area contributed by atoms with Crippen molar-refractivity contribution in [2.45, 2.75) is 300 Å². The van der Waals surface area contributed by atoms with Gasteiger partial charge in [0.25, 0.3) is 0 Å². The van der Waals surface area contributed by atoms with Crippen molar-refractivity contribution in [2.75, 3.05) is 13.2 Å². The van der Waals surface area contributed by atoms with Crippen molar-refractivity contribution in [3.05, 3.63) is 12.2 Å². The molecule has 11 heteroatoms. The number of aliphatic hydroxyl groups excluding tert-OH is 7. The van der Waals surface area contributed by atoms with E-state index in [0.717, 1.165) is 38.5 Å². The number of rotatable bonds is 45. The molecule has 0 bridgehead atoms. The third-order valence-electron chi connectivity index (χ3n) is 13.1. The minimum Gasteiger partial charge on any atom is -0.394 e. The van der Waals surface area contributed by atoms with Gasteiger partial charge in [0.05, 0.1) is 25.4 Å². The summed E-state index contributed by atoms with van der Waals surface area (Å²) in [6.07, 6.45) is 35.5. The zero-order valence-electron chi connectivity index (χ0n) is 40.6. The minimum absolute atomic E-state index is 0.259. The summed E-state index contributed by atoms with van der Waals surface area (Å²) in [4.78, 5) is 13.1. The highest BCUT2D eigenvalue weighted by molar-refractivity contribution is 5.80. The van der Waals surface area contributed by atoms with Crippen LogP contribution in [-0.4, -0.2) is 110 Å². The van der Waals surface area contributed by atoms with Crippen LogP contribution in [0.3, 0.4) is 0 Å². The maximum atomic E-state index is 13.1. The molecule has 8 N–H and O–H groups in total. The maximum absolute atomic E-state index is 13.1. The lowest BCUT2D eigenvalue weighted by Crippen LogP contribution is -2.60. The molecular formula is C52H101NO10. The summed E-state index contributed by atoms with van der Waals surface area (Å²) in [6, 6.07) is -1.18. The van der Waals surface area contributed by atoms with Gasteiger partial charge in [0.1, 0.15) is 36.6 Å². The second kappa shape index (κ2) is 42.2.